The molecule has 0 atom stereocenters. The first-order valence-corrected chi connectivity index (χ1v) is 7.85. The molecule has 0 fully saturated rings. The minimum atomic E-state index is -4.30. The van der Waals surface area contributed by atoms with Crippen LogP contribution >= 0.6 is 27.7 Å². The fraction of sp³-hybridized carbons (Fsp3) is 0.333. The summed E-state index contributed by atoms with van der Waals surface area (Å²) < 4.78 is 39.4. The number of thioether (sulfide) groups is 1. The van der Waals surface area contributed by atoms with E-state index in [1.54, 1.807) is 16.9 Å². The zero-order valence-corrected chi connectivity index (χ0v) is 12.7. The van der Waals surface area contributed by atoms with Crippen molar-refractivity contribution >= 4 is 27.7 Å². The van der Waals surface area contributed by atoms with Crippen LogP contribution in [0, 0.1) is 0 Å². The molecule has 20 heavy (non-hydrogen) atoms. The summed E-state index contributed by atoms with van der Waals surface area (Å²) in [6.07, 6.45) is -2.49. The van der Waals surface area contributed by atoms with Gasteiger partial charge < -0.3 is 0 Å². The highest BCUT2D eigenvalue weighted by Crippen LogP contribution is 2.31. The quantitative estimate of drug-likeness (QED) is 0.592. The minimum absolute atomic E-state index is 0.598. The summed E-state index contributed by atoms with van der Waals surface area (Å²) in [5.74, 6) is 0.631. The molecule has 0 N–H and O–H groups in total. The van der Waals surface area contributed by atoms with Crippen molar-refractivity contribution in [1.29, 1.82) is 0 Å². The van der Waals surface area contributed by atoms with E-state index in [-0.39, 0.29) is 0 Å². The second-order valence-electron chi connectivity index (χ2n) is 3.98. The largest absolute Gasteiger partial charge is 0.416 e. The van der Waals surface area contributed by atoms with Crippen LogP contribution in [0.1, 0.15) is 11.3 Å². The molecule has 108 valence electrons. The van der Waals surface area contributed by atoms with Gasteiger partial charge in [0.2, 0.25) is 0 Å². The number of aryl methyl sites for hydroxylation is 1. The molecule has 0 aliphatic heterocycles. The van der Waals surface area contributed by atoms with E-state index >= 15 is 0 Å². The van der Waals surface area contributed by atoms with E-state index < -0.39 is 11.7 Å². The molecule has 0 bridgehead atoms. The van der Waals surface area contributed by atoms with Gasteiger partial charge in [0, 0.05) is 22.2 Å². The molecule has 1 heterocycles. The van der Waals surface area contributed by atoms with Crippen LogP contribution in [-0.2, 0) is 18.1 Å². The fourth-order valence-electron chi connectivity index (χ4n) is 1.53. The third kappa shape index (κ3) is 4.24. The van der Waals surface area contributed by atoms with Crippen molar-refractivity contribution in [2.45, 2.75) is 22.9 Å². The molecular weight excluding hydrogens is 355 g/mol. The molecule has 0 saturated heterocycles. The Morgan fingerprint density at radius 1 is 1.30 bits per heavy atom. The maximum atomic E-state index is 12.6. The summed E-state index contributed by atoms with van der Waals surface area (Å²) in [6, 6.07) is 5.33. The molecule has 0 spiro atoms. The predicted molar refractivity (Wildman–Crippen MR) is 74.8 cm³/mol. The van der Waals surface area contributed by atoms with Gasteiger partial charge in [-0.15, -0.1) is 16.9 Å². The Morgan fingerprint density at radius 3 is 2.75 bits per heavy atom. The van der Waals surface area contributed by atoms with Crippen LogP contribution < -0.4 is 0 Å². The Balaban J connectivity index is 1.91. The van der Waals surface area contributed by atoms with Gasteiger partial charge in [0.1, 0.15) is 0 Å². The molecule has 0 amide bonds. The lowest BCUT2D eigenvalue weighted by molar-refractivity contribution is -0.137. The van der Waals surface area contributed by atoms with Crippen LogP contribution in [0.3, 0.4) is 0 Å². The van der Waals surface area contributed by atoms with Gasteiger partial charge in [-0.25, -0.2) is 0 Å². The Kier molecular flexibility index (Phi) is 5.09. The third-order valence-electron chi connectivity index (χ3n) is 2.47. The van der Waals surface area contributed by atoms with E-state index in [2.05, 4.69) is 26.2 Å². The van der Waals surface area contributed by atoms with E-state index in [0.29, 0.717) is 22.5 Å². The minimum Gasteiger partial charge on any atom is -0.251 e. The number of aromatic nitrogens is 3. The molecule has 0 aliphatic rings. The van der Waals surface area contributed by atoms with E-state index in [1.807, 2.05) is 0 Å². The third-order valence-corrected chi connectivity index (χ3v) is 4.02. The average Bonchev–Trinajstić information content (AvgIpc) is 2.86. The molecule has 0 unspecified atom stereocenters. The molecule has 1 aromatic heterocycles. The molecule has 0 radical (unpaired) electrons. The second-order valence-corrected chi connectivity index (χ2v) is 5.71. The van der Waals surface area contributed by atoms with Crippen molar-refractivity contribution in [2.24, 2.45) is 0 Å². The molecule has 0 saturated carbocycles. The zero-order valence-electron chi connectivity index (χ0n) is 10.3. The number of hydrogen-bond donors (Lipinski definition) is 0. The van der Waals surface area contributed by atoms with Crippen molar-refractivity contribution in [2.75, 3.05) is 5.75 Å². The average molecular weight is 366 g/mol. The first kappa shape index (κ1) is 15.4. The topological polar surface area (TPSA) is 30.7 Å². The van der Waals surface area contributed by atoms with Gasteiger partial charge in [0.25, 0.3) is 0 Å². The Morgan fingerprint density at radius 2 is 2.10 bits per heavy atom. The number of benzene rings is 1. The number of alkyl halides is 4. The van der Waals surface area contributed by atoms with Gasteiger partial charge in [-0.3, -0.25) is 4.68 Å². The first-order chi connectivity index (χ1) is 9.49. The Bertz CT molecular complexity index is 571. The van der Waals surface area contributed by atoms with E-state index in [4.69, 9.17) is 0 Å². The molecule has 2 aromatic rings. The Hall–Kier alpha value is -1.02. The van der Waals surface area contributed by atoms with Crippen molar-refractivity contribution in [3.63, 3.8) is 0 Å². The zero-order chi connectivity index (χ0) is 14.6. The lowest BCUT2D eigenvalue weighted by atomic mass is 10.2. The van der Waals surface area contributed by atoms with Crippen molar-refractivity contribution in [1.82, 2.24) is 15.0 Å². The smallest absolute Gasteiger partial charge is 0.251 e. The molecule has 0 aliphatic carbocycles. The Labute approximate surface area is 126 Å². The second kappa shape index (κ2) is 6.62. The predicted octanol–water partition coefficient (Wildman–Crippen LogP) is 3.98. The van der Waals surface area contributed by atoms with Gasteiger partial charge in [0.05, 0.1) is 17.8 Å². The summed E-state index contributed by atoms with van der Waals surface area (Å²) in [5.41, 5.74) is 0.207. The number of hydrogen-bond acceptors (Lipinski definition) is 3. The molecule has 3 nitrogen and oxygen atoms in total. The van der Waals surface area contributed by atoms with Gasteiger partial charge in [-0.05, 0) is 18.2 Å². The van der Waals surface area contributed by atoms with Crippen molar-refractivity contribution in [3.05, 3.63) is 41.7 Å². The standard InChI is InChI=1S/C12H11BrF3N3S/c13-7-10-8-19(18-17-10)4-5-20-11-3-1-2-9(6-11)12(14,15)16/h1-3,6,8H,4-5,7H2. The van der Waals surface area contributed by atoms with Crippen LogP contribution in [0.5, 0.6) is 0 Å². The summed E-state index contributed by atoms with van der Waals surface area (Å²) in [4.78, 5) is 0.598. The SMILES string of the molecule is FC(F)(F)c1cccc(SCCn2cc(CBr)nn2)c1. The van der Waals surface area contributed by atoms with Crippen LogP contribution in [-0.4, -0.2) is 20.7 Å². The summed E-state index contributed by atoms with van der Waals surface area (Å²) in [7, 11) is 0. The molecule has 1 aromatic carbocycles. The molecular formula is C12H11BrF3N3S. The van der Waals surface area contributed by atoms with E-state index in [0.717, 1.165) is 17.8 Å². The summed E-state index contributed by atoms with van der Waals surface area (Å²) in [6.45, 7) is 0.598. The molecule has 2 rings (SSSR count). The molecule has 8 heteroatoms. The number of rotatable bonds is 5. The highest BCUT2D eigenvalue weighted by Gasteiger charge is 2.30. The highest BCUT2D eigenvalue weighted by atomic mass is 79.9. The van der Waals surface area contributed by atoms with Crippen LogP contribution in [0.25, 0.3) is 0 Å². The first-order valence-electron chi connectivity index (χ1n) is 5.74. The van der Waals surface area contributed by atoms with Gasteiger partial charge >= 0.3 is 6.18 Å². The fourth-order valence-corrected chi connectivity index (χ4v) is 2.68. The van der Waals surface area contributed by atoms with E-state index in [1.165, 1.54) is 17.8 Å². The monoisotopic (exact) mass is 365 g/mol. The maximum absolute atomic E-state index is 12.6. The number of halogens is 4. The van der Waals surface area contributed by atoms with Gasteiger partial charge in [0.15, 0.2) is 0 Å². The summed E-state index contributed by atoms with van der Waals surface area (Å²) in [5, 5.41) is 8.47. The highest BCUT2D eigenvalue weighted by molar-refractivity contribution is 9.08. The van der Waals surface area contributed by atoms with Crippen LogP contribution in [0.2, 0.25) is 0 Å². The van der Waals surface area contributed by atoms with E-state index in [9.17, 15) is 13.2 Å². The van der Waals surface area contributed by atoms with Gasteiger partial charge in [-0.2, -0.15) is 13.2 Å². The van der Waals surface area contributed by atoms with Crippen molar-refractivity contribution in [3.8, 4) is 0 Å². The number of nitrogens with zero attached hydrogens (tertiary/aromatic N) is 3. The lowest BCUT2D eigenvalue weighted by Gasteiger charge is -2.08. The van der Waals surface area contributed by atoms with Crippen LogP contribution in [0.15, 0.2) is 35.4 Å². The van der Waals surface area contributed by atoms with Gasteiger partial charge in [-0.1, -0.05) is 27.2 Å². The van der Waals surface area contributed by atoms with Crippen LogP contribution in [0.4, 0.5) is 13.2 Å². The maximum Gasteiger partial charge on any atom is 0.416 e. The normalized spacial score (nSPS) is 11.8. The lowest BCUT2D eigenvalue weighted by Crippen LogP contribution is -2.05. The van der Waals surface area contributed by atoms with Crippen molar-refractivity contribution < 1.29 is 13.2 Å². The summed E-state index contributed by atoms with van der Waals surface area (Å²) >= 11 is 4.64.